The van der Waals surface area contributed by atoms with Crippen molar-refractivity contribution in [2.75, 3.05) is 0 Å². The summed E-state index contributed by atoms with van der Waals surface area (Å²) < 4.78 is 0. The van der Waals surface area contributed by atoms with Crippen molar-refractivity contribution in [3.63, 3.8) is 0 Å². The van der Waals surface area contributed by atoms with E-state index in [1.807, 2.05) is 51.1 Å². The lowest BCUT2D eigenvalue weighted by atomic mass is 10.1. The molecule has 68 valence electrons. The van der Waals surface area contributed by atoms with Crippen molar-refractivity contribution in [2.45, 2.75) is 26.8 Å². The Morgan fingerprint density at radius 3 is 2.08 bits per heavy atom. The lowest BCUT2D eigenvalue weighted by molar-refractivity contribution is 0.602. The summed E-state index contributed by atoms with van der Waals surface area (Å²) >= 11 is 0. The van der Waals surface area contributed by atoms with Gasteiger partial charge in [0.15, 0.2) is 0 Å². The van der Waals surface area contributed by atoms with Crippen molar-refractivity contribution in [3.8, 4) is 0 Å². The number of benzene rings is 1. The Morgan fingerprint density at radius 2 is 1.67 bits per heavy atom. The SMILES string of the molecule is CC.CC(NN)c1ccccc1. The molecule has 12 heavy (non-hydrogen) atoms. The zero-order valence-corrected chi connectivity index (χ0v) is 8.04. The standard InChI is InChI=1S/C8H12N2.C2H6/c1-7(10-9)8-5-3-2-4-6-8;1-2/h2-7,10H,9H2,1H3;1-2H3. The molecule has 0 aliphatic rings. The van der Waals surface area contributed by atoms with Crippen LogP contribution in [0.15, 0.2) is 30.3 Å². The van der Waals surface area contributed by atoms with Gasteiger partial charge in [0, 0.05) is 6.04 Å². The first-order valence-electron chi connectivity index (χ1n) is 4.35. The number of hydrogen-bond donors (Lipinski definition) is 2. The maximum Gasteiger partial charge on any atom is 0.0431 e. The maximum absolute atomic E-state index is 5.25. The summed E-state index contributed by atoms with van der Waals surface area (Å²) in [5.74, 6) is 5.25. The van der Waals surface area contributed by atoms with Crippen LogP contribution in [-0.4, -0.2) is 0 Å². The summed E-state index contributed by atoms with van der Waals surface area (Å²) in [5, 5.41) is 0. The van der Waals surface area contributed by atoms with Crippen LogP contribution in [0, 0.1) is 0 Å². The fourth-order valence-electron chi connectivity index (χ4n) is 0.838. The molecular formula is C10H18N2. The third-order valence-corrected chi connectivity index (χ3v) is 1.55. The smallest absolute Gasteiger partial charge is 0.0431 e. The Balaban J connectivity index is 0.000000561. The molecule has 0 bridgehead atoms. The summed E-state index contributed by atoms with van der Waals surface area (Å²) in [5.41, 5.74) is 3.89. The Hall–Kier alpha value is -0.860. The van der Waals surface area contributed by atoms with Crippen molar-refractivity contribution in [3.05, 3.63) is 35.9 Å². The molecular weight excluding hydrogens is 148 g/mol. The molecule has 0 amide bonds. The molecule has 0 saturated heterocycles. The molecule has 0 aliphatic heterocycles. The topological polar surface area (TPSA) is 38.0 Å². The van der Waals surface area contributed by atoms with Gasteiger partial charge in [0.05, 0.1) is 0 Å². The van der Waals surface area contributed by atoms with E-state index in [2.05, 4.69) is 5.43 Å². The summed E-state index contributed by atoms with van der Waals surface area (Å²) in [6.07, 6.45) is 0. The van der Waals surface area contributed by atoms with Gasteiger partial charge in [-0.25, -0.2) is 0 Å². The van der Waals surface area contributed by atoms with Crippen LogP contribution in [0.3, 0.4) is 0 Å². The minimum Gasteiger partial charge on any atom is -0.271 e. The van der Waals surface area contributed by atoms with E-state index in [9.17, 15) is 0 Å². The van der Waals surface area contributed by atoms with Gasteiger partial charge in [0.2, 0.25) is 0 Å². The quantitative estimate of drug-likeness (QED) is 0.522. The second-order valence-electron chi connectivity index (χ2n) is 2.30. The molecule has 0 heterocycles. The van der Waals surface area contributed by atoms with E-state index >= 15 is 0 Å². The first kappa shape index (κ1) is 11.1. The lowest BCUT2D eigenvalue weighted by Crippen LogP contribution is -2.25. The molecule has 0 radical (unpaired) electrons. The predicted molar refractivity (Wildman–Crippen MR) is 53.5 cm³/mol. The molecule has 0 saturated carbocycles. The second-order valence-corrected chi connectivity index (χ2v) is 2.30. The third kappa shape index (κ3) is 3.51. The lowest BCUT2D eigenvalue weighted by Gasteiger charge is -2.08. The number of rotatable bonds is 2. The van der Waals surface area contributed by atoms with Crippen LogP contribution in [0.4, 0.5) is 0 Å². The summed E-state index contributed by atoms with van der Waals surface area (Å²) in [7, 11) is 0. The number of hydrogen-bond acceptors (Lipinski definition) is 2. The van der Waals surface area contributed by atoms with Crippen LogP contribution in [-0.2, 0) is 0 Å². The average molecular weight is 166 g/mol. The Kier molecular flexibility index (Phi) is 6.34. The molecule has 3 N–H and O–H groups in total. The third-order valence-electron chi connectivity index (χ3n) is 1.55. The molecule has 1 rings (SSSR count). The highest BCUT2D eigenvalue weighted by atomic mass is 15.2. The van der Waals surface area contributed by atoms with Gasteiger partial charge >= 0.3 is 0 Å². The van der Waals surface area contributed by atoms with Gasteiger partial charge in [0.1, 0.15) is 0 Å². The van der Waals surface area contributed by atoms with Crippen LogP contribution >= 0.6 is 0 Å². The van der Waals surface area contributed by atoms with Crippen molar-refractivity contribution >= 4 is 0 Å². The largest absolute Gasteiger partial charge is 0.271 e. The second kappa shape index (κ2) is 6.83. The van der Waals surface area contributed by atoms with E-state index in [1.165, 1.54) is 5.56 Å². The number of nitrogens with two attached hydrogens (primary N) is 1. The Morgan fingerprint density at radius 1 is 1.17 bits per heavy atom. The van der Waals surface area contributed by atoms with Crippen molar-refractivity contribution < 1.29 is 0 Å². The summed E-state index contributed by atoms with van der Waals surface area (Å²) in [6, 6.07) is 10.3. The van der Waals surface area contributed by atoms with Crippen LogP contribution in [0.2, 0.25) is 0 Å². The van der Waals surface area contributed by atoms with Crippen LogP contribution in [0.5, 0.6) is 0 Å². The number of nitrogens with one attached hydrogen (secondary N) is 1. The molecule has 2 heteroatoms. The van der Waals surface area contributed by atoms with E-state index in [-0.39, 0.29) is 6.04 Å². The molecule has 1 unspecified atom stereocenters. The van der Waals surface area contributed by atoms with Gasteiger partial charge in [-0.15, -0.1) is 0 Å². The predicted octanol–water partition coefficient (Wildman–Crippen LogP) is 2.24. The van der Waals surface area contributed by atoms with E-state index in [4.69, 9.17) is 5.84 Å². The molecule has 0 spiro atoms. The van der Waals surface area contributed by atoms with E-state index in [0.29, 0.717) is 0 Å². The van der Waals surface area contributed by atoms with Gasteiger partial charge in [-0.05, 0) is 12.5 Å². The van der Waals surface area contributed by atoms with Gasteiger partial charge < -0.3 is 0 Å². The highest BCUT2D eigenvalue weighted by Gasteiger charge is 1.98. The maximum atomic E-state index is 5.25. The zero-order valence-electron chi connectivity index (χ0n) is 8.04. The van der Waals surface area contributed by atoms with Crippen molar-refractivity contribution in [2.24, 2.45) is 5.84 Å². The molecule has 0 aromatic heterocycles. The molecule has 1 aromatic carbocycles. The molecule has 2 nitrogen and oxygen atoms in total. The van der Waals surface area contributed by atoms with Gasteiger partial charge in [0.25, 0.3) is 0 Å². The fourth-order valence-corrected chi connectivity index (χ4v) is 0.838. The normalized spacial score (nSPS) is 11.3. The Bertz CT molecular complexity index is 184. The summed E-state index contributed by atoms with van der Waals surface area (Å²) in [4.78, 5) is 0. The van der Waals surface area contributed by atoms with Gasteiger partial charge in [-0.1, -0.05) is 44.2 Å². The van der Waals surface area contributed by atoms with E-state index < -0.39 is 0 Å². The summed E-state index contributed by atoms with van der Waals surface area (Å²) in [6.45, 7) is 6.02. The van der Waals surface area contributed by atoms with Crippen LogP contribution in [0.1, 0.15) is 32.4 Å². The fraction of sp³-hybridized carbons (Fsp3) is 0.400. The zero-order chi connectivity index (χ0) is 9.40. The number of hydrazine groups is 1. The van der Waals surface area contributed by atoms with E-state index in [1.54, 1.807) is 0 Å². The first-order valence-corrected chi connectivity index (χ1v) is 4.35. The van der Waals surface area contributed by atoms with Crippen molar-refractivity contribution in [1.29, 1.82) is 0 Å². The van der Waals surface area contributed by atoms with Gasteiger partial charge in [-0.2, -0.15) is 0 Å². The van der Waals surface area contributed by atoms with Crippen molar-refractivity contribution in [1.82, 2.24) is 5.43 Å². The van der Waals surface area contributed by atoms with Crippen LogP contribution < -0.4 is 11.3 Å². The monoisotopic (exact) mass is 166 g/mol. The first-order chi connectivity index (χ1) is 5.84. The minimum absolute atomic E-state index is 0.237. The van der Waals surface area contributed by atoms with E-state index in [0.717, 1.165) is 0 Å². The van der Waals surface area contributed by atoms with Gasteiger partial charge in [-0.3, -0.25) is 11.3 Å². The molecule has 0 fully saturated rings. The molecule has 1 atom stereocenters. The highest BCUT2D eigenvalue weighted by Crippen LogP contribution is 2.08. The minimum atomic E-state index is 0.237. The Labute approximate surface area is 74.8 Å². The average Bonchev–Trinajstić information content (AvgIpc) is 2.21. The highest BCUT2D eigenvalue weighted by molar-refractivity contribution is 5.17. The molecule has 0 aliphatic carbocycles. The molecule has 1 aromatic rings. The van der Waals surface area contributed by atoms with Crippen LogP contribution in [0.25, 0.3) is 0 Å².